The molecule has 0 saturated carbocycles. The molecule has 4 rings (SSSR count). The number of nitrogens with zero attached hydrogens (tertiary/aromatic N) is 2. The van der Waals surface area contributed by atoms with Crippen LogP contribution in [0.25, 0.3) is 10.8 Å². The summed E-state index contributed by atoms with van der Waals surface area (Å²) in [6.07, 6.45) is 6.91. The van der Waals surface area contributed by atoms with Gasteiger partial charge in [0.2, 0.25) is 5.91 Å². The highest BCUT2D eigenvalue weighted by molar-refractivity contribution is 5.92. The topological polar surface area (TPSA) is 34.5 Å². The van der Waals surface area contributed by atoms with E-state index in [1.165, 1.54) is 10.9 Å². The molecule has 3 aromatic rings. The molecule has 1 fully saturated rings. The molecule has 1 amide bonds. The SMILES string of the molecule is COc1ccc([C@@H]2CCCN2C(=O)[C@H](CC(C)C)n2cccc2)c2ccccc12. The van der Waals surface area contributed by atoms with Crippen LogP contribution in [-0.2, 0) is 4.79 Å². The van der Waals surface area contributed by atoms with Crippen LogP contribution in [0.3, 0.4) is 0 Å². The lowest BCUT2D eigenvalue weighted by atomic mass is 9.95. The maximum atomic E-state index is 13.7. The molecule has 1 aliphatic rings. The third-order valence-corrected chi connectivity index (χ3v) is 6.00. The van der Waals surface area contributed by atoms with Crippen molar-refractivity contribution in [1.29, 1.82) is 0 Å². The number of ether oxygens (including phenoxy) is 1. The van der Waals surface area contributed by atoms with Crippen LogP contribution in [0.2, 0.25) is 0 Å². The summed E-state index contributed by atoms with van der Waals surface area (Å²) in [6.45, 7) is 5.18. The molecule has 2 heterocycles. The van der Waals surface area contributed by atoms with E-state index in [9.17, 15) is 4.79 Å². The molecule has 1 aliphatic heterocycles. The Hall–Kier alpha value is -2.75. The summed E-state index contributed by atoms with van der Waals surface area (Å²) in [4.78, 5) is 15.8. The first kappa shape index (κ1) is 19.6. The van der Waals surface area contributed by atoms with Gasteiger partial charge in [0, 0.05) is 24.3 Å². The minimum Gasteiger partial charge on any atom is -0.496 e. The second-order valence-corrected chi connectivity index (χ2v) is 8.37. The smallest absolute Gasteiger partial charge is 0.246 e. The van der Waals surface area contributed by atoms with E-state index in [2.05, 4.69) is 47.6 Å². The molecule has 2 aromatic carbocycles. The second-order valence-electron chi connectivity index (χ2n) is 8.37. The second kappa shape index (κ2) is 8.32. The maximum Gasteiger partial charge on any atom is 0.246 e. The summed E-state index contributed by atoms with van der Waals surface area (Å²) in [5.41, 5.74) is 1.23. The number of benzene rings is 2. The van der Waals surface area contributed by atoms with E-state index in [4.69, 9.17) is 4.74 Å². The van der Waals surface area contributed by atoms with Gasteiger partial charge in [-0.15, -0.1) is 0 Å². The van der Waals surface area contributed by atoms with Crippen LogP contribution < -0.4 is 4.74 Å². The Bertz CT molecular complexity index is 978. The first-order chi connectivity index (χ1) is 14.1. The van der Waals surface area contributed by atoms with Crippen LogP contribution in [0.4, 0.5) is 0 Å². The number of aromatic nitrogens is 1. The number of amides is 1. The maximum absolute atomic E-state index is 13.7. The number of likely N-dealkylation sites (tertiary alicyclic amines) is 1. The first-order valence-corrected chi connectivity index (χ1v) is 10.6. The van der Waals surface area contributed by atoms with E-state index in [0.717, 1.165) is 36.9 Å². The molecule has 0 spiro atoms. The van der Waals surface area contributed by atoms with Crippen LogP contribution in [0.5, 0.6) is 5.75 Å². The largest absolute Gasteiger partial charge is 0.496 e. The van der Waals surface area contributed by atoms with Gasteiger partial charge in [0.15, 0.2) is 0 Å². The zero-order chi connectivity index (χ0) is 20.4. The van der Waals surface area contributed by atoms with E-state index in [0.29, 0.717) is 5.92 Å². The van der Waals surface area contributed by atoms with Crippen LogP contribution >= 0.6 is 0 Å². The quantitative estimate of drug-likeness (QED) is 0.549. The van der Waals surface area contributed by atoms with Gasteiger partial charge in [-0.05, 0) is 54.3 Å². The molecule has 152 valence electrons. The monoisotopic (exact) mass is 390 g/mol. The lowest BCUT2D eigenvalue weighted by molar-refractivity contribution is -0.136. The van der Waals surface area contributed by atoms with Gasteiger partial charge >= 0.3 is 0 Å². The lowest BCUT2D eigenvalue weighted by Gasteiger charge is -2.31. The Morgan fingerprint density at radius 2 is 1.79 bits per heavy atom. The Labute approximate surface area is 173 Å². The van der Waals surface area contributed by atoms with Crippen LogP contribution in [0.15, 0.2) is 60.9 Å². The molecule has 0 N–H and O–H groups in total. The van der Waals surface area contributed by atoms with Gasteiger partial charge in [0.1, 0.15) is 11.8 Å². The third-order valence-electron chi connectivity index (χ3n) is 6.00. The van der Waals surface area contributed by atoms with Gasteiger partial charge in [-0.3, -0.25) is 4.79 Å². The van der Waals surface area contributed by atoms with Crippen molar-refractivity contribution in [3.63, 3.8) is 0 Å². The Morgan fingerprint density at radius 1 is 1.07 bits per heavy atom. The summed E-state index contributed by atoms with van der Waals surface area (Å²) in [6, 6.07) is 16.5. The summed E-state index contributed by atoms with van der Waals surface area (Å²) in [7, 11) is 1.71. The fourth-order valence-corrected chi connectivity index (χ4v) is 4.66. The van der Waals surface area contributed by atoms with Gasteiger partial charge in [0.25, 0.3) is 0 Å². The number of hydrogen-bond acceptors (Lipinski definition) is 2. The fraction of sp³-hybridized carbons (Fsp3) is 0.400. The Kier molecular flexibility index (Phi) is 5.61. The van der Waals surface area contributed by atoms with Crippen LogP contribution in [0.1, 0.15) is 50.8 Å². The molecule has 0 bridgehead atoms. The molecule has 0 radical (unpaired) electrons. The highest BCUT2D eigenvalue weighted by atomic mass is 16.5. The molecule has 1 saturated heterocycles. The van der Waals surface area contributed by atoms with Crippen LogP contribution in [0, 0.1) is 5.92 Å². The van der Waals surface area contributed by atoms with Crippen molar-refractivity contribution >= 4 is 16.7 Å². The van der Waals surface area contributed by atoms with E-state index < -0.39 is 0 Å². The number of hydrogen-bond donors (Lipinski definition) is 0. The average molecular weight is 391 g/mol. The zero-order valence-corrected chi connectivity index (χ0v) is 17.5. The fourth-order valence-electron chi connectivity index (χ4n) is 4.66. The summed E-state index contributed by atoms with van der Waals surface area (Å²) < 4.78 is 7.64. The normalized spacial score (nSPS) is 17.8. The lowest BCUT2D eigenvalue weighted by Crippen LogP contribution is -2.37. The molecule has 1 aromatic heterocycles. The van der Waals surface area contributed by atoms with Crippen LogP contribution in [-0.4, -0.2) is 29.0 Å². The van der Waals surface area contributed by atoms with Crippen molar-refractivity contribution < 1.29 is 9.53 Å². The van der Waals surface area contributed by atoms with Crippen molar-refractivity contribution in [2.24, 2.45) is 5.92 Å². The predicted octanol–water partition coefficient (Wildman–Crippen LogP) is 5.60. The first-order valence-electron chi connectivity index (χ1n) is 10.6. The predicted molar refractivity (Wildman–Crippen MR) is 117 cm³/mol. The van der Waals surface area contributed by atoms with Gasteiger partial charge in [-0.2, -0.15) is 0 Å². The highest BCUT2D eigenvalue weighted by Crippen LogP contribution is 2.40. The minimum absolute atomic E-state index is 0.114. The molecule has 4 nitrogen and oxygen atoms in total. The van der Waals surface area contributed by atoms with Crippen molar-refractivity contribution in [2.45, 2.75) is 45.2 Å². The third kappa shape index (κ3) is 3.76. The molecular formula is C25H30N2O2. The highest BCUT2D eigenvalue weighted by Gasteiger charge is 2.35. The average Bonchev–Trinajstić information content (AvgIpc) is 3.42. The molecule has 4 heteroatoms. The number of carbonyl (C=O) groups excluding carboxylic acids is 1. The molecule has 29 heavy (non-hydrogen) atoms. The standard InChI is InChI=1S/C25H30N2O2/c1-18(2)17-23(26-14-6-7-15-26)25(28)27-16-8-11-22(27)20-12-13-24(29-3)21-10-5-4-9-19(20)21/h4-7,9-10,12-15,18,22-23H,8,11,16-17H2,1-3H3/t22-,23-/m0/s1. The Morgan fingerprint density at radius 3 is 2.48 bits per heavy atom. The molecular weight excluding hydrogens is 360 g/mol. The number of fused-ring (bicyclic) bond motifs is 1. The minimum atomic E-state index is -0.143. The number of rotatable bonds is 6. The van der Waals surface area contributed by atoms with Gasteiger partial charge in [0.05, 0.1) is 13.2 Å². The summed E-state index contributed by atoms with van der Waals surface area (Å²) in [5.74, 6) is 1.57. The van der Waals surface area contributed by atoms with Crippen molar-refractivity contribution in [2.75, 3.05) is 13.7 Å². The van der Waals surface area contributed by atoms with Crippen molar-refractivity contribution in [3.8, 4) is 5.75 Å². The zero-order valence-electron chi connectivity index (χ0n) is 17.5. The van der Waals surface area contributed by atoms with E-state index in [-0.39, 0.29) is 18.0 Å². The van der Waals surface area contributed by atoms with Crippen molar-refractivity contribution in [1.82, 2.24) is 9.47 Å². The number of methoxy groups -OCH3 is 1. The molecule has 0 unspecified atom stereocenters. The van der Waals surface area contributed by atoms with E-state index in [1.807, 2.05) is 36.7 Å². The van der Waals surface area contributed by atoms with E-state index >= 15 is 0 Å². The Balaban J connectivity index is 1.71. The van der Waals surface area contributed by atoms with Gasteiger partial charge in [-0.1, -0.05) is 44.2 Å². The van der Waals surface area contributed by atoms with Gasteiger partial charge < -0.3 is 14.2 Å². The summed E-state index contributed by atoms with van der Waals surface area (Å²) >= 11 is 0. The van der Waals surface area contributed by atoms with Crippen molar-refractivity contribution in [3.05, 3.63) is 66.5 Å². The number of carbonyl (C=O) groups is 1. The molecule has 2 atom stereocenters. The summed E-state index contributed by atoms with van der Waals surface area (Å²) in [5, 5.41) is 2.29. The van der Waals surface area contributed by atoms with E-state index in [1.54, 1.807) is 7.11 Å². The molecule has 0 aliphatic carbocycles. The van der Waals surface area contributed by atoms with Gasteiger partial charge in [-0.25, -0.2) is 0 Å².